The zero-order valence-corrected chi connectivity index (χ0v) is 10.1. The van der Waals surface area contributed by atoms with Crippen molar-refractivity contribution in [2.75, 3.05) is 0 Å². The smallest absolute Gasteiger partial charge is 0.321 e. The topological polar surface area (TPSA) is 43.4 Å². The van der Waals surface area contributed by atoms with Gasteiger partial charge in [-0.15, -0.1) is 0 Å². The second-order valence-corrected chi connectivity index (χ2v) is 5.10. The average Bonchev–Trinajstić information content (AvgIpc) is 2.61. The number of esters is 2. The first kappa shape index (κ1) is 11.2. The van der Waals surface area contributed by atoms with Crippen molar-refractivity contribution < 1.29 is 14.3 Å². The minimum absolute atomic E-state index is 0.0867. The van der Waals surface area contributed by atoms with E-state index in [-0.39, 0.29) is 17.8 Å². The molecule has 0 spiro atoms. The van der Waals surface area contributed by atoms with Crippen molar-refractivity contribution in [1.29, 1.82) is 0 Å². The van der Waals surface area contributed by atoms with E-state index in [2.05, 4.69) is 0 Å². The molecule has 0 aromatic heterocycles. The number of fused-ring (bicyclic) bond motifs is 1. The predicted octanol–water partition coefficient (Wildman–Crippen LogP) is 2.44. The standard InChI is InChI=1S/C15H14O3/c1-15-11(10-6-3-2-4-7-10)8-5-9-12(15)13(16)18-14(15)17/h2-8,11-12H,9H2,1H3/t11-,12+,15+/m1/s1. The largest absolute Gasteiger partial charge is 0.392 e. The lowest BCUT2D eigenvalue weighted by Gasteiger charge is -2.35. The minimum Gasteiger partial charge on any atom is -0.392 e. The number of allylic oxidation sites excluding steroid dienone is 2. The van der Waals surface area contributed by atoms with E-state index in [0.29, 0.717) is 6.42 Å². The van der Waals surface area contributed by atoms with Crippen molar-refractivity contribution in [1.82, 2.24) is 0 Å². The molecular weight excluding hydrogens is 228 g/mol. The van der Waals surface area contributed by atoms with Crippen molar-refractivity contribution in [3.05, 3.63) is 48.0 Å². The van der Waals surface area contributed by atoms with E-state index >= 15 is 0 Å². The van der Waals surface area contributed by atoms with Crippen LogP contribution >= 0.6 is 0 Å². The van der Waals surface area contributed by atoms with E-state index in [4.69, 9.17) is 4.74 Å². The molecule has 3 heteroatoms. The van der Waals surface area contributed by atoms with Crippen LogP contribution in [0.3, 0.4) is 0 Å². The molecule has 3 nitrogen and oxygen atoms in total. The van der Waals surface area contributed by atoms with Crippen molar-refractivity contribution >= 4 is 11.9 Å². The quantitative estimate of drug-likeness (QED) is 0.431. The third-order valence-corrected chi connectivity index (χ3v) is 4.15. The summed E-state index contributed by atoms with van der Waals surface area (Å²) in [5, 5.41) is 0. The maximum atomic E-state index is 12.0. The highest BCUT2D eigenvalue weighted by atomic mass is 16.6. The molecule has 0 N–H and O–H groups in total. The van der Waals surface area contributed by atoms with Gasteiger partial charge in [-0.2, -0.15) is 0 Å². The SMILES string of the molecule is C[C@@]12C(=O)OC(=O)[C@@H]1CC=C[C@@H]2c1ccccc1. The molecule has 18 heavy (non-hydrogen) atoms. The molecule has 1 aliphatic carbocycles. The van der Waals surface area contributed by atoms with Gasteiger partial charge in [0.05, 0.1) is 11.3 Å². The molecule has 0 saturated carbocycles. The van der Waals surface area contributed by atoms with Gasteiger partial charge in [0, 0.05) is 5.92 Å². The van der Waals surface area contributed by atoms with Crippen molar-refractivity contribution in [3.8, 4) is 0 Å². The lowest BCUT2D eigenvalue weighted by Crippen LogP contribution is -2.38. The number of hydrogen-bond acceptors (Lipinski definition) is 3. The zero-order valence-electron chi connectivity index (χ0n) is 10.1. The summed E-state index contributed by atoms with van der Waals surface area (Å²) in [5.41, 5.74) is 0.292. The molecule has 3 rings (SSSR count). The summed E-state index contributed by atoms with van der Waals surface area (Å²) in [6, 6.07) is 9.79. The van der Waals surface area contributed by atoms with Crippen LogP contribution in [0, 0.1) is 11.3 Å². The summed E-state index contributed by atoms with van der Waals surface area (Å²) in [7, 11) is 0. The van der Waals surface area contributed by atoms with Gasteiger partial charge >= 0.3 is 11.9 Å². The number of cyclic esters (lactones) is 2. The first-order chi connectivity index (χ1) is 8.64. The maximum absolute atomic E-state index is 12.0. The van der Waals surface area contributed by atoms with Gasteiger partial charge in [-0.3, -0.25) is 9.59 Å². The summed E-state index contributed by atoms with van der Waals surface area (Å²) in [4.78, 5) is 23.8. The third-order valence-electron chi connectivity index (χ3n) is 4.15. The lowest BCUT2D eigenvalue weighted by atomic mass is 9.63. The molecule has 0 radical (unpaired) electrons. The van der Waals surface area contributed by atoms with Gasteiger partial charge in [0.25, 0.3) is 0 Å². The van der Waals surface area contributed by atoms with E-state index in [1.165, 1.54) is 0 Å². The molecule has 0 unspecified atom stereocenters. The lowest BCUT2D eigenvalue weighted by molar-refractivity contribution is -0.155. The Kier molecular flexibility index (Phi) is 2.37. The molecule has 1 saturated heterocycles. The molecule has 1 heterocycles. The molecule has 1 fully saturated rings. The molecule has 1 aliphatic heterocycles. The van der Waals surface area contributed by atoms with Gasteiger partial charge in [0.1, 0.15) is 0 Å². The fourth-order valence-electron chi connectivity index (χ4n) is 3.01. The summed E-state index contributed by atoms with van der Waals surface area (Å²) in [5.74, 6) is -1.21. The molecule has 92 valence electrons. The van der Waals surface area contributed by atoms with Crippen LogP contribution in [-0.4, -0.2) is 11.9 Å². The molecule has 1 aromatic rings. The minimum atomic E-state index is -0.757. The van der Waals surface area contributed by atoms with E-state index in [0.717, 1.165) is 5.56 Å². The number of hydrogen-bond donors (Lipinski definition) is 0. The zero-order chi connectivity index (χ0) is 12.8. The Labute approximate surface area is 105 Å². The summed E-state index contributed by atoms with van der Waals surface area (Å²) in [6.07, 6.45) is 4.58. The Balaban J connectivity index is 2.10. The Morgan fingerprint density at radius 3 is 2.67 bits per heavy atom. The van der Waals surface area contributed by atoms with Crippen molar-refractivity contribution in [3.63, 3.8) is 0 Å². The molecular formula is C15H14O3. The van der Waals surface area contributed by atoms with Gasteiger partial charge in [-0.25, -0.2) is 0 Å². The second-order valence-electron chi connectivity index (χ2n) is 5.10. The number of rotatable bonds is 1. The van der Waals surface area contributed by atoms with Crippen molar-refractivity contribution in [2.24, 2.45) is 11.3 Å². The highest BCUT2D eigenvalue weighted by Gasteiger charge is 2.58. The summed E-state index contributed by atoms with van der Waals surface area (Å²) >= 11 is 0. The Hall–Kier alpha value is -1.90. The van der Waals surface area contributed by atoms with Gasteiger partial charge in [0.15, 0.2) is 0 Å². The first-order valence-corrected chi connectivity index (χ1v) is 6.12. The second kappa shape index (κ2) is 3.80. The monoisotopic (exact) mass is 242 g/mol. The first-order valence-electron chi connectivity index (χ1n) is 6.12. The summed E-state index contributed by atoms with van der Waals surface area (Å²) < 4.78 is 4.85. The molecule has 0 amide bonds. The molecule has 3 atom stereocenters. The van der Waals surface area contributed by atoms with Crippen LogP contribution in [0.1, 0.15) is 24.8 Å². The number of carbonyl (C=O) groups is 2. The van der Waals surface area contributed by atoms with Gasteiger partial charge in [0.2, 0.25) is 0 Å². The molecule has 2 aliphatic rings. The average molecular weight is 242 g/mol. The van der Waals surface area contributed by atoms with E-state index in [1.807, 2.05) is 49.4 Å². The highest BCUT2D eigenvalue weighted by Crippen LogP contribution is 2.52. The fraction of sp³-hybridized carbons (Fsp3) is 0.333. The number of benzene rings is 1. The van der Waals surface area contributed by atoms with Crippen LogP contribution in [0.15, 0.2) is 42.5 Å². The third kappa shape index (κ3) is 1.37. The van der Waals surface area contributed by atoms with Gasteiger partial charge in [-0.1, -0.05) is 42.5 Å². The van der Waals surface area contributed by atoms with Crippen LogP contribution in [0.2, 0.25) is 0 Å². The van der Waals surface area contributed by atoms with Crippen molar-refractivity contribution in [2.45, 2.75) is 19.3 Å². The van der Waals surface area contributed by atoms with Gasteiger partial charge in [-0.05, 0) is 18.9 Å². The van der Waals surface area contributed by atoms with Crippen LogP contribution in [0.4, 0.5) is 0 Å². The fourth-order valence-corrected chi connectivity index (χ4v) is 3.01. The van der Waals surface area contributed by atoms with Crippen LogP contribution in [-0.2, 0) is 14.3 Å². The Morgan fingerprint density at radius 1 is 1.22 bits per heavy atom. The number of carbonyl (C=O) groups excluding carboxylic acids is 2. The van der Waals surface area contributed by atoms with Gasteiger partial charge < -0.3 is 4.74 Å². The summed E-state index contributed by atoms with van der Waals surface area (Å²) in [6.45, 7) is 1.84. The molecule has 0 bridgehead atoms. The Morgan fingerprint density at radius 2 is 1.94 bits per heavy atom. The predicted molar refractivity (Wildman–Crippen MR) is 65.6 cm³/mol. The van der Waals surface area contributed by atoms with E-state index < -0.39 is 11.4 Å². The van der Waals surface area contributed by atoms with E-state index in [1.54, 1.807) is 0 Å². The Bertz CT molecular complexity index is 532. The van der Waals surface area contributed by atoms with Crippen LogP contribution in [0.5, 0.6) is 0 Å². The molecule has 1 aromatic carbocycles. The normalized spacial score (nSPS) is 34.3. The maximum Gasteiger partial charge on any atom is 0.321 e. The van der Waals surface area contributed by atoms with Crippen LogP contribution < -0.4 is 0 Å². The van der Waals surface area contributed by atoms with Crippen LogP contribution in [0.25, 0.3) is 0 Å². The highest BCUT2D eigenvalue weighted by molar-refractivity contribution is 6.00. The van der Waals surface area contributed by atoms with E-state index in [9.17, 15) is 9.59 Å². The number of ether oxygens (including phenoxy) is 1.